The molecule has 0 aliphatic carbocycles. The zero-order valence-corrected chi connectivity index (χ0v) is 17.3. The molecule has 3 rings (SSSR count). The molecule has 12 heteroatoms. The average Bonchev–Trinajstić information content (AvgIpc) is 3.18. The van der Waals surface area contributed by atoms with Crippen LogP contribution < -0.4 is 0 Å². The molecule has 0 unspecified atom stereocenters. The number of carbonyl (C=O) groups excluding carboxylic acids is 1. The highest BCUT2D eigenvalue weighted by Crippen LogP contribution is 2.35. The Bertz CT molecular complexity index is 1150. The van der Waals surface area contributed by atoms with Crippen molar-refractivity contribution in [3.8, 4) is 11.3 Å². The maximum atomic E-state index is 12.4. The van der Waals surface area contributed by atoms with Gasteiger partial charge in [0.05, 0.1) is 21.1 Å². The summed E-state index contributed by atoms with van der Waals surface area (Å²) < 4.78 is 36.5. The fourth-order valence-electron chi connectivity index (χ4n) is 2.60. The van der Waals surface area contributed by atoms with Crippen molar-refractivity contribution in [1.29, 1.82) is 0 Å². The standard InChI is InChI=1S/C17H14N2O7S3/c1-10-2-4-12(13(8-10)19(21)22)14-5-3-11(26-14)9-15-16(20)18(17(27)28-15)6-7-29(23,24)25/h2-5,8-9H,6-7H2,1H3,(H,23,24,25)/b15-9+. The first-order chi connectivity index (χ1) is 13.5. The van der Waals surface area contributed by atoms with Crippen molar-refractivity contribution in [3.63, 3.8) is 0 Å². The van der Waals surface area contributed by atoms with Crippen LogP contribution >= 0.6 is 24.0 Å². The molecule has 1 aliphatic rings. The molecular weight excluding hydrogens is 440 g/mol. The summed E-state index contributed by atoms with van der Waals surface area (Å²) in [5.74, 6) is -0.591. The minimum atomic E-state index is -4.23. The number of hydrogen-bond acceptors (Lipinski definition) is 8. The molecule has 1 fully saturated rings. The van der Waals surface area contributed by atoms with Crippen LogP contribution in [0.25, 0.3) is 17.4 Å². The van der Waals surface area contributed by atoms with Crippen LogP contribution in [0.5, 0.6) is 0 Å². The van der Waals surface area contributed by atoms with E-state index in [4.69, 9.17) is 21.2 Å². The van der Waals surface area contributed by atoms with Crippen LogP contribution in [0.2, 0.25) is 0 Å². The molecule has 2 aromatic rings. The van der Waals surface area contributed by atoms with Crippen molar-refractivity contribution < 1.29 is 27.1 Å². The number of nitrogens with zero attached hydrogens (tertiary/aromatic N) is 2. The van der Waals surface area contributed by atoms with E-state index in [2.05, 4.69) is 0 Å². The Labute approximate surface area is 175 Å². The summed E-state index contributed by atoms with van der Waals surface area (Å²) in [6.07, 6.45) is 1.43. The van der Waals surface area contributed by atoms with E-state index in [0.717, 1.165) is 22.2 Å². The molecule has 0 radical (unpaired) electrons. The van der Waals surface area contributed by atoms with Crippen molar-refractivity contribution in [3.05, 3.63) is 56.7 Å². The molecule has 0 saturated carbocycles. The number of nitro groups is 1. The Balaban J connectivity index is 1.85. The Morgan fingerprint density at radius 2 is 2.07 bits per heavy atom. The molecule has 0 spiro atoms. The summed E-state index contributed by atoms with van der Waals surface area (Å²) in [4.78, 5) is 24.5. The van der Waals surface area contributed by atoms with E-state index < -0.39 is 26.7 Å². The van der Waals surface area contributed by atoms with Gasteiger partial charge in [0, 0.05) is 18.7 Å². The molecule has 1 N–H and O–H groups in total. The second kappa shape index (κ2) is 8.06. The predicted molar refractivity (Wildman–Crippen MR) is 112 cm³/mol. The van der Waals surface area contributed by atoms with Gasteiger partial charge in [-0.1, -0.05) is 30.0 Å². The Hall–Kier alpha value is -2.54. The minimum Gasteiger partial charge on any atom is -0.456 e. The normalized spacial score (nSPS) is 16.1. The summed E-state index contributed by atoms with van der Waals surface area (Å²) in [7, 11) is -4.23. The van der Waals surface area contributed by atoms with Gasteiger partial charge < -0.3 is 4.42 Å². The highest BCUT2D eigenvalue weighted by molar-refractivity contribution is 8.26. The monoisotopic (exact) mass is 454 g/mol. The third-order valence-electron chi connectivity index (χ3n) is 3.96. The first-order valence-electron chi connectivity index (χ1n) is 8.11. The molecule has 2 heterocycles. The predicted octanol–water partition coefficient (Wildman–Crippen LogP) is 3.25. The van der Waals surface area contributed by atoms with E-state index in [1.54, 1.807) is 31.2 Å². The van der Waals surface area contributed by atoms with Crippen LogP contribution in [0.3, 0.4) is 0 Å². The van der Waals surface area contributed by atoms with Crippen LogP contribution in [0, 0.1) is 17.0 Å². The number of hydrogen-bond donors (Lipinski definition) is 1. The number of aryl methyl sites for hydroxylation is 1. The Morgan fingerprint density at radius 1 is 1.34 bits per heavy atom. The van der Waals surface area contributed by atoms with Crippen molar-refractivity contribution in [2.45, 2.75) is 6.92 Å². The van der Waals surface area contributed by atoms with Gasteiger partial charge in [0.15, 0.2) is 0 Å². The molecule has 1 aromatic heterocycles. The Kier molecular flexibility index (Phi) is 5.89. The van der Waals surface area contributed by atoms with E-state index in [-0.39, 0.29) is 33.0 Å². The molecular formula is C17H14N2O7S3. The smallest absolute Gasteiger partial charge is 0.280 e. The van der Waals surface area contributed by atoms with E-state index in [1.807, 2.05) is 0 Å². The van der Waals surface area contributed by atoms with Gasteiger partial charge in [0.1, 0.15) is 15.8 Å². The van der Waals surface area contributed by atoms with Gasteiger partial charge in [-0.2, -0.15) is 8.42 Å². The topological polar surface area (TPSA) is 131 Å². The maximum absolute atomic E-state index is 12.4. The zero-order chi connectivity index (χ0) is 21.3. The number of benzene rings is 1. The van der Waals surface area contributed by atoms with Gasteiger partial charge in [-0.25, -0.2) is 0 Å². The van der Waals surface area contributed by atoms with Gasteiger partial charge >= 0.3 is 0 Å². The third-order valence-corrected chi connectivity index (χ3v) is 6.04. The molecule has 9 nitrogen and oxygen atoms in total. The molecule has 0 bridgehead atoms. The zero-order valence-electron chi connectivity index (χ0n) is 14.9. The molecule has 1 aliphatic heterocycles. The van der Waals surface area contributed by atoms with E-state index in [1.165, 1.54) is 12.1 Å². The lowest BCUT2D eigenvalue weighted by Gasteiger charge is -2.12. The summed E-state index contributed by atoms with van der Waals surface area (Å²) >= 11 is 6.05. The van der Waals surface area contributed by atoms with Gasteiger partial charge in [-0.15, -0.1) is 0 Å². The molecule has 29 heavy (non-hydrogen) atoms. The van der Waals surface area contributed by atoms with E-state index >= 15 is 0 Å². The number of nitro benzene ring substituents is 1. The number of thiocarbonyl (C=S) groups is 1. The summed E-state index contributed by atoms with van der Waals surface area (Å²) in [5, 5.41) is 11.3. The van der Waals surface area contributed by atoms with Gasteiger partial charge in [-0.3, -0.25) is 24.4 Å². The fourth-order valence-corrected chi connectivity index (χ4v) is 4.31. The number of furan rings is 1. The number of carbonyl (C=O) groups is 1. The lowest BCUT2D eigenvalue weighted by molar-refractivity contribution is -0.384. The van der Waals surface area contributed by atoms with Crippen molar-refractivity contribution in [1.82, 2.24) is 4.90 Å². The largest absolute Gasteiger partial charge is 0.456 e. The van der Waals surface area contributed by atoms with Crippen LogP contribution in [0.15, 0.2) is 39.7 Å². The summed E-state index contributed by atoms with van der Waals surface area (Å²) in [6.45, 7) is 1.48. The van der Waals surface area contributed by atoms with Crippen molar-refractivity contribution in [2.75, 3.05) is 12.3 Å². The summed E-state index contributed by atoms with van der Waals surface area (Å²) in [5.41, 5.74) is 0.948. The third kappa shape index (κ3) is 4.90. The highest BCUT2D eigenvalue weighted by Gasteiger charge is 2.33. The SMILES string of the molecule is Cc1ccc(-c2ccc(/C=C3/SC(=S)N(CCS(=O)(=O)O)C3=O)o2)c([N+](=O)[O-])c1. The van der Waals surface area contributed by atoms with Crippen LogP contribution in [-0.4, -0.2) is 45.3 Å². The fraction of sp³-hybridized carbons (Fsp3) is 0.176. The second-order valence-corrected chi connectivity index (χ2v) is 9.35. The highest BCUT2D eigenvalue weighted by atomic mass is 32.2. The van der Waals surface area contributed by atoms with Crippen LogP contribution in [0.4, 0.5) is 5.69 Å². The van der Waals surface area contributed by atoms with Crippen molar-refractivity contribution in [2.24, 2.45) is 0 Å². The van der Waals surface area contributed by atoms with Gasteiger partial charge in [0.25, 0.3) is 21.7 Å². The van der Waals surface area contributed by atoms with Crippen molar-refractivity contribution >= 4 is 56.1 Å². The minimum absolute atomic E-state index is 0.0950. The molecule has 1 saturated heterocycles. The lowest BCUT2D eigenvalue weighted by atomic mass is 10.1. The number of thioether (sulfide) groups is 1. The molecule has 0 atom stereocenters. The molecule has 152 valence electrons. The lowest BCUT2D eigenvalue weighted by Crippen LogP contribution is -2.32. The Morgan fingerprint density at radius 3 is 2.72 bits per heavy atom. The summed E-state index contributed by atoms with van der Waals surface area (Å²) in [6, 6.07) is 7.87. The van der Waals surface area contributed by atoms with Gasteiger partial charge in [-0.05, 0) is 30.7 Å². The number of rotatable bonds is 6. The van der Waals surface area contributed by atoms with Crippen LogP contribution in [0.1, 0.15) is 11.3 Å². The van der Waals surface area contributed by atoms with Gasteiger partial charge in [0.2, 0.25) is 0 Å². The molecule has 1 aromatic carbocycles. The average molecular weight is 455 g/mol. The van der Waals surface area contributed by atoms with Crippen LogP contribution in [-0.2, 0) is 14.9 Å². The van der Waals surface area contributed by atoms with E-state index in [0.29, 0.717) is 5.56 Å². The van der Waals surface area contributed by atoms with E-state index in [9.17, 15) is 23.3 Å². The molecule has 1 amide bonds. The second-order valence-electron chi connectivity index (χ2n) is 6.10. The first kappa shape index (κ1) is 21.2. The quantitative estimate of drug-likeness (QED) is 0.230. The maximum Gasteiger partial charge on any atom is 0.280 e. The first-order valence-corrected chi connectivity index (χ1v) is 10.9. The number of amides is 1.